The normalized spacial score (nSPS) is 11.6. The summed E-state index contributed by atoms with van der Waals surface area (Å²) in [4.78, 5) is 0. The van der Waals surface area contributed by atoms with Crippen LogP contribution in [-0.4, -0.2) is 20.7 Å². The summed E-state index contributed by atoms with van der Waals surface area (Å²) in [7, 11) is 3.07. The average molecular weight is 233 g/mol. The Hall–Kier alpha value is -1.23. The van der Waals surface area contributed by atoms with E-state index in [9.17, 15) is 13.2 Å². The molecule has 1 aromatic rings. The maximum absolute atomic E-state index is 12.7. The van der Waals surface area contributed by atoms with Crippen molar-refractivity contribution in [3.05, 3.63) is 29.3 Å². The number of halogens is 3. The quantitative estimate of drug-likeness (QED) is 0.862. The van der Waals surface area contributed by atoms with E-state index in [1.54, 1.807) is 13.1 Å². The van der Waals surface area contributed by atoms with Gasteiger partial charge in [-0.1, -0.05) is 6.07 Å². The Morgan fingerprint density at radius 2 is 2.00 bits per heavy atom. The van der Waals surface area contributed by atoms with E-state index in [1.807, 2.05) is 0 Å². The molecule has 0 saturated carbocycles. The van der Waals surface area contributed by atoms with E-state index in [2.05, 4.69) is 5.32 Å². The lowest BCUT2D eigenvalue weighted by molar-refractivity contribution is -0.138. The molecule has 5 heteroatoms. The number of benzene rings is 1. The fraction of sp³-hybridized carbons (Fsp3) is 0.455. The third-order valence-corrected chi connectivity index (χ3v) is 2.28. The summed E-state index contributed by atoms with van der Waals surface area (Å²) in [6.45, 7) is 0.476. The van der Waals surface area contributed by atoms with E-state index in [0.29, 0.717) is 6.54 Å². The Morgan fingerprint density at radius 3 is 2.50 bits per heavy atom. The summed E-state index contributed by atoms with van der Waals surface area (Å²) in [5.41, 5.74) is -0.422. The maximum Gasteiger partial charge on any atom is 0.416 e. The minimum atomic E-state index is -4.34. The Morgan fingerprint density at radius 1 is 1.31 bits per heavy atom. The van der Waals surface area contributed by atoms with Crippen LogP contribution >= 0.6 is 0 Å². The van der Waals surface area contributed by atoms with Crippen LogP contribution in [0, 0.1) is 0 Å². The zero-order valence-electron chi connectivity index (χ0n) is 9.19. The average Bonchev–Trinajstić information content (AvgIpc) is 2.24. The van der Waals surface area contributed by atoms with Crippen molar-refractivity contribution in [1.29, 1.82) is 0 Å². The summed E-state index contributed by atoms with van der Waals surface area (Å²) in [6, 6.07) is 3.97. The van der Waals surface area contributed by atoms with Gasteiger partial charge in [0, 0.05) is 5.56 Å². The van der Waals surface area contributed by atoms with Crippen molar-refractivity contribution < 1.29 is 17.9 Å². The molecule has 0 unspecified atom stereocenters. The lowest BCUT2D eigenvalue weighted by Gasteiger charge is -2.15. The van der Waals surface area contributed by atoms with Crippen molar-refractivity contribution in [2.45, 2.75) is 12.6 Å². The standard InChI is InChI=1S/C11H14F3NO/c1-15-7-6-8-9(11(12,13)14)4-3-5-10(8)16-2/h3-5,15H,6-7H2,1-2H3. The van der Waals surface area contributed by atoms with Crippen molar-refractivity contribution in [1.82, 2.24) is 5.32 Å². The van der Waals surface area contributed by atoms with Gasteiger partial charge in [0.25, 0.3) is 0 Å². The molecule has 1 aromatic carbocycles. The van der Waals surface area contributed by atoms with E-state index in [4.69, 9.17) is 4.74 Å². The lowest BCUT2D eigenvalue weighted by Crippen LogP contribution is -2.16. The molecule has 0 radical (unpaired) electrons. The van der Waals surface area contributed by atoms with Crippen molar-refractivity contribution in [3.63, 3.8) is 0 Å². The molecule has 0 bridgehead atoms. The lowest BCUT2D eigenvalue weighted by atomic mass is 10.0. The first-order valence-electron chi connectivity index (χ1n) is 4.88. The minimum absolute atomic E-state index is 0.201. The fourth-order valence-electron chi connectivity index (χ4n) is 1.53. The smallest absolute Gasteiger partial charge is 0.416 e. The summed E-state index contributed by atoms with van der Waals surface area (Å²) < 4.78 is 43.1. The number of methoxy groups -OCH3 is 1. The highest BCUT2D eigenvalue weighted by atomic mass is 19.4. The fourth-order valence-corrected chi connectivity index (χ4v) is 1.53. The number of likely N-dealkylation sites (N-methyl/N-ethyl adjacent to an activating group) is 1. The van der Waals surface area contributed by atoms with Crippen LogP contribution in [0.2, 0.25) is 0 Å². The molecule has 0 aromatic heterocycles. The van der Waals surface area contributed by atoms with Crippen molar-refractivity contribution in [2.75, 3.05) is 20.7 Å². The van der Waals surface area contributed by atoms with Gasteiger partial charge in [0.2, 0.25) is 0 Å². The molecular weight excluding hydrogens is 219 g/mol. The molecular formula is C11H14F3NO. The van der Waals surface area contributed by atoms with Crippen molar-refractivity contribution in [2.24, 2.45) is 0 Å². The van der Waals surface area contributed by atoms with Crippen LogP contribution in [-0.2, 0) is 12.6 Å². The number of ether oxygens (including phenoxy) is 1. The van der Waals surface area contributed by atoms with Gasteiger partial charge in [-0.2, -0.15) is 13.2 Å². The molecule has 2 nitrogen and oxygen atoms in total. The number of nitrogens with one attached hydrogen (secondary N) is 1. The second-order valence-corrected chi connectivity index (χ2v) is 3.34. The number of hydrogen-bond donors (Lipinski definition) is 1. The topological polar surface area (TPSA) is 21.3 Å². The van der Waals surface area contributed by atoms with Gasteiger partial charge in [-0.25, -0.2) is 0 Å². The predicted molar refractivity (Wildman–Crippen MR) is 55.6 cm³/mol. The van der Waals surface area contributed by atoms with Gasteiger partial charge in [-0.05, 0) is 32.1 Å². The molecule has 0 amide bonds. The number of rotatable bonds is 4. The first-order chi connectivity index (χ1) is 7.50. The monoisotopic (exact) mass is 233 g/mol. The van der Waals surface area contributed by atoms with Gasteiger partial charge < -0.3 is 10.1 Å². The second-order valence-electron chi connectivity index (χ2n) is 3.34. The van der Waals surface area contributed by atoms with Crippen molar-refractivity contribution in [3.8, 4) is 5.75 Å². The highest BCUT2D eigenvalue weighted by Gasteiger charge is 2.34. The van der Waals surface area contributed by atoms with Crippen LogP contribution in [0.15, 0.2) is 18.2 Å². The van der Waals surface area contributed by atoms with E-state index < -0.39 is 11.7 Å². The van der Waals surface area contributed by atoms with Gasteiger partial charge >= 0.3 is 6.18 Å². The summed E-state index contributed by atoms with van der Waals surface area (Å²) in [5.74, 6) is 0.282. The number of alkyl halides is 3. The van der Waals surface area contributed by atoms with Crippen LogP contribution in [0.25, 0.3) is 0 Å². The first-order valence-corrected chi connectivity index (χ1v) is 4.88. The molecule has 0 atom stereocenters. The molecule has 0 spiro atoms. The van der Waals surface area contributed by atoms with Gasteiger partial charge in [0.1, 0.15) is 5.75 Å². The van der Waals surface area contributed by atoms with Crippen LogP contribution in [0.3, 0.4) is 0 Å². The Balaban J connectivity index is 3.15. The Kier molecular flexibility index (Phi) is 4.18. The maximum atomic E-state index is 12.7. The van der Waals surface area contributed by atoms with Crippen LogP contribution < -0.4 is 10.1 Å². The van der Waals surface area contributed by atoms with Crippen LogP contribution in [0.1, 0.15) is 11.1 Å². The third-order valence-electron chi connectivity index (χ3n) is 2.28. The molecule has 0 saturated heterocycles. The minimum Gasteiger partial charge on any atom is -0.496 e. The van der Waals surface area contributed by atoms with E-state index in [0.717, 1.165) is 6.07 Å². The second kappa shape index (κ2) is 5.21. The van der Waals surface area contributed by atoms with Gasteiger partial charge in [0.05, 0.1) is 12.7 Å². The van der Waals surface area contributed by atoms with Gasteiger partial charge in [0.15, 0.2) is 0 Å². The van der Waals surface area contributed by atoms with Gasteiger partial charge in [-0.15, -0.1) is 0 Å². The summed E-state index contributed by atoms with van der Waals surface area (Å²) >= 11 is 0. The third kappa shape index (κ3) is 2.88. The predicted octanol–water partition coefficient (Wildman–Crippen LogP) is 2.48. The summed E-state index contributed by atoms with van der Waals surface area (Å²) in [5, 5.41) is 2.82. The molecule has 1 rings (SSSR count). The molecule has 0 aliphatic carbocycles. The molecule has 1 N–H and O–H groups in total. The molecule has 0 heterocycles. The Labute approximate surface area is 92.4 Å². The summed E-state index contributed by atoms with van der Waals surface area (Å²) in [6.07, 6.45) is -4.05. The van der Waals surface area contributed by atoms with Crippen LogP contribution in [0.5, 0.6) is 5.75 Å². The van der Waals surface area contributed by atoms with E-state index in [-0.39, 0.29) is 17.7 Å². The zero-order chi connectivity index (χ0) is 12.2. The largest absolute Gasteiger partial charge is 0.496 e. The molecule has 16 heavy (non-hydrogen) atoms. The number of hydrogen-bond acceptors (Lipinski definition) is 2. The highest BCUT2D eigenvalue weighted by Crippen LogP contribution is 2.36. The van der Waals surface area contributed by atoms with Crippen molar-refractivity contribution >= 4 is 0 Å². The first kappa shape index (κ1) is 12.8. The molecule has 0 aliphatic rings. The van der Waals surface area contributed by atoms with E-state index >= 15 is 0 Å². The van der Waals surface area contributed by atoms with Crippen LogP contribution in [0.4, 0.5) is 13.2 Å². The van der Waals surface area contributed by atoms with E-state index in [1.165, 1.54) is 13.2 Å². The SMILES string of the molecule is CNCCc1c(OC)cccc1C(F)(F)F. The van der Waals surface area contributed by atoms with Gasteiger partial charge in [-0.3, -0.25) is 0 Å². The Bertz CT molecular complexity index is 350. The molecule has 0 fully saturated rings. The highest BCUT2D eigenvalue weighted by molar-refractivity contribution is 5.42. The molecule has 90 valence electrons. The zero-order valence-corrected chi connectivity index (χ0v) is 9.19. The molecule has 0 aliphatic heterocycles.